The van der Waals surface area contributed by atoms with Gasteiger partial charge < -0.3 is 9.84 Å². The minimum Gasteiger partial charge on any atom is -0.483 e. The summed E-state index contributed by atoms with van der Waals surface area (Å²) in [7, 11) is 0. The van der Waals surface area contributed by atoms with Gasteiger partial charge in [0, 0.05) is 0 Å². The van der Waals surface area contributed by atoms with Crippen LogP contribution in [0.4, 0.5) is 13.2 Å². The number of hydrogen-bond acceptors (Lipinski definition) is 2. The third-order valence-electron chi connectivity index (χ3n) is 2.51. The molecular weight excluding hydrogens is 257 g/mol. The van der Waals surface area contributed by atoms with Crippen molar-refractivity contribution < 1.29 is 23.0 Å². The molecule has 0 atom stereocenters. The highest BCUT2D eigenvalue weighted by atomic mass is 19.1. The first-order chi connectivity index (χ1) is 9.10. The van der Waals surface area contributed by atoms with Crippen molar-refractivity contribution in [2.45, 2.75) is 13.2 Å². The monoisotopic (exact) mass is 268 g/mol. The first-order valence-electron chi connectivity index (χ1n) is 5.56. The zero-order valence-electron chi connectivity index (χ0n) is 9.87. The molecule has 19 heavy (non-hydrogen) atoms. The summed E-state index contributed by atoms with van der Waals surface area (Å²) in [5.74, 6) is -2.79. The molecule has 2 nitrogen and oxygen atoms in total. The van der Waals surface area contributed by atoms with Crippen LogP contribution in [0.15, 0.2) is 36.4 Å². The summed E-state index contributed by atoms with van der Waals surface area (Å²) >= 11 is 0. The fourth-order valence-electron chi connectivity index (χ4n) is 1.62. The van der Waals surface area contributed by atoms with Crippen molar-refractivity contribution in [3.05, 3.63) is 65.0 Å². The molecule has 0 spiro atoms. The van der Waals surface area contributed by atoms with Crippen molar-refractivity contribution in [3.63, 3.8) is 0 Å². The lowest BCUT2D eigenvalue weighted by atomic mass is 10.2. The van der Waals surface area contributed by atoms with Gasteiger partial charge in [0.05, 0.1) is 6.61 Å². The second-order valence-corrected chi connectivity index (χ2v) is 3.97. The van der Waals surface area contributed by atoms with E-state index in [4.69, 9.17) is 9.84 Å². The van der Waals surface area contributed by atoms with Crippen LogP contribution in [0, 0.1) is 17.5 Å². The molecule has 0 aliphatic rings. The molecule has 0 aliphatic carbocycles. The van der Waals surface area contributed by atoms with Crippen LogP contribution in [0.25, 0.3) is 0 Å². The predicted molar refractivity (Wildman–Crippen MR) is 63.0 cm³/mol. The molecule has 0 aromatic heterocycles. The number of hydrogen-bond donors (Lipinski definition) is 1. The SMILES string of the molecule is OCc1cc(F)c(OCc2cccc(F)c2)c(F)c1. The number of halogens is 3. The molecule has 2 rings (SSSR count). The zero-order chi connectivity index (χ0) is 13.8. The standard InChI is InChI=1S/C14H11F3O2/c15-11-3-1-2-9(4-11)8-19-14-12(16)5-10(7-18)6-13(14)17/h1-6,18H,7-8H2. The first kappa shape index (κ1) is 13.4. The van der Waals surface area contributed by atoms with Gasteiger partial charge in [-0.25, -0.2) is 13.2 Å². The maximum absolute atomic E-state index is 13.5. The lowest BCUT2D eigenvalue weighted by Crippen LogP contribution is -2.01. The van der Waals surface area contributed by atoms with Crippen molar-refractivity contribution in [1.29, 1.82) is 0 Å². The Bertz CT molecular complexity index is 562. The Hall–Kier alpha value is -2.01. The van der Waals surface area contributed by atoms with Crippen LogP contribution < -0.4 is 4.74 Å². The Morgan fingerprint density at radius 1 is 0.947 bits per heavy atom. The molecular formula is C14H11F3O2. The van der Waals surface area contributed by atoms with Gasteiger partial charge in [0.15, 0.2) is 17.4 Å². The molecule has 0 saturated heterocycles. The first-order valence-corrected chi connectivity index (χ1v) is 5.56. The lowest BCUT2D eigenvalue weighted by Gasteiger charge is -2.09. The molecule has 5 heteroatoms. The zero-order valence-corrected chi connectivity index (χ0v) is 9.87. The van der Waals surface area contributed by atoms with Crippen LogP contribution in [-0.4, -0.2) is 5.11 Å². The molecule has 0 heterocycles. The molecule has 0 amide bonds. The minimum atomic E-state index is -0.902. The van der Waals surface area contributed by atoms with E-state index in [0.717, 1.165) is 12.1 Å². The van der Waals surface area contributed by atoms with Gasteiger partial charge in [-0.05, 0) is 35.4 Å². The molecule has 1 N–H and O–H groups in total. The maximum atomic E-state index is 13.5. The van der Waals surface area contributed by atoms with Gasteiger partial charge in [0.25, 0.3) is 0 Å². The number of aliphatic hydroxyl groups excluding tert-OH is 1. The Labute approximate surface area is 108 Å². The molecule has 2 aromatic rings. The molecule has 0 aliphatic heterocycles. The van der Waals surface area contributed by atoms with E-state index in [9.17, 15) is 13.2 Å². The molecule has 0 fully saturated rings. The summed E-state index contributed by atoms with van der Waals surface area (Å²) in [5.41, 5.74) is 0.582. The number of benzene rings is 2. The highest BCUT2D eigenvalue weighted by Crippen LogP contribution is 2.24. The van der Waals surface area contributed by atoms with Crippen molar-refractivity contribution in [2.24, 2.45) is 0 Å². The van der Waals surface area contributed by atoms with Gasteiger partial charge in [-0.15, -0.1) is 0 Å². The third-order valence-corrected chi connectivity index (χ3v) is 2.51. The van der Waals surface area contributed by atoms with Crippen LogP contribution in [0.1, 0.15) is 11.1 Å². The van der Waals surface area contributed by atoms with E-state index in [0.29, 0.717) is 5.56 Å². The Kier molecular flexibility index (Phi) is 4.06. The number of rotatable bonds is 4. The summed E-state index contributed by atoms with van der Waals surface area (Å²) in [6.07, 6.45) is 0. The Balaban J connectivity index is 2.16. The molecule has 0 saturated carbocycles. The third kappa shape index (κ3) is 3.26. The van der Waals surface area contributed by atoms with Gasteiger partial charge in [0.2, 0.25) is 0 Å². The van der Waals surface area contributed by atoms with Gasteiger partial charge in [-0.3, -0.25) is 0 Å². The number of ether oxygens (including phenoxy) is 1. The molecule has 0 unspecified atom stereocenters. The van der Waals surface area contributed by atoms with Gasteiger partial charge in [-0.1, -0.05) is 12.1 Å². The largest absolute Gasteiger partial charge is 0.483 e. The smallest absolute Gasteiger partial charge is 0.191 e. The number of aliphatic hydroxyl groups is 1. The molecule has 100 valence electrons. The van der Waals surface area contributed by atoms with Crippen molar-refractivity contribution >= 4 is 0 Å². The summed E-state index contributed by atoms with van der Waals surface area (Å²) < 4.78 is 45.0. The summed E-state index contributed by atoms with van der Waals surface area (Å²) in [4.78, 5) is 0. The average Bonchev–Trinajstić information content (AvgIpc) is 2.37. The van der Waals surface area contributed by atoms with Crippen molar-refractivity contribution in [3.8, 4) is 5.75 Å². The molecule has 0 bridgehead atoms. The highest BCUT2D eigenvalue weighted by molar-refractivity contribution is 5.31. The van der Waals surface area contributed by atoms with E-state index < -0.39 is 29.8 Å². The highest BCUT2D eigenvalue weighted by Gasteiger charge is 2.12. The molecule has 2 aromatic carbocycles. The summed E-state index contributed by atoms with van der Waals surface area (Å²) in [6, 6.07) is 7.53. The van der Waals surface area contributed by atoms with E-state index in [1.165, 1.54) is 18.2 Å². The van der Waals surface area contributed by atoms with Crippen molar-refractivity contribution in [1.82, 2.24) is 0 Å². The topological polar surface area (TPSA) is 29.5 Å². The van der Waals surface area contributed by atoms with Gasteiger partial charge >= 0.3 is 0 Å². The normalized spacial score (nSPS) is 10.5. The van der Waals surface area contributed by atoms with E-state index in [-0.39, 0.29) is 12.2 Å². The van der Waals surface area contributed by atoms with E-state index in [2.05, 4.69) is 0 Å². The summed E-state index contributed by atoms with van der Waals surface area (Å²) in [6.45, 7) is -0.609. The van der Waals surface area contributed by atoms with Gasteiger partial charge in [-0.2, -0.15) is 0 Å². The van der Waals surface area contributed by atoms with Gasteiger partial charge in [0.1, 0.15) is 12.4 Å². The van der Waals surface area contributed by atoms with Crippen LogP contribution >= 0.6 is 0 Å². The quantitative estimate of drug-likeness (QED) is 0.922. The fraction of sp³-hybridized carbons (Fsp3) is 0.143. The second-order valence-electron chi connectivity index (χ2n) is 3.97. The second kappa shape index (κ2) is 5.75. The fourth-order valence-corrected chi connectivity index (χ4v) is 1.62. The van der Waals surface area contributed by atoms with Crippen molar-refractivity contribution in [2.75, 3.05) is 0 Å². The predicted octanol–water partition coefficient (Wildman–Crippen LogP) is 3.18. The van der Waals surface area contributed by atoms with Crippen LogP contribution in [-0.2, 0) is 13.2 Å². The summed E-state index contributed by atoms with van der Waals surface area (Å²) in [5, 5.41) is 8.80. The lowest BCUT2D eigenvalue weighted by molar-refractivity contribution is 0.266. The Morgan fingerprint density at radius 3 is 2.21 bits per heavy atom. The average molecular weight is 268 g/mol. The van der Waals surface area contributed by atoms with E-state index in [1.54, 1.807) is 6.07 Å². The Morgan fingerprint density at radius 2 is 1.63 bits per heavy atom. The molecule has 0 radical (unpaired) electrons. The maximum Gasteiger partial charge on any atom is 0.191 e. The minimum absolute atomic E-state index is 0.119. The van der Waals surface area contributed by atoms with Crippen LogP contribution in [0.3, 0.4) is 0 Å². The van der Waals surface area contributed by atoms with E-state index in [1.807, 2.05) is 0 Å². The van der Waals surface area contributed by atoms with E-state index >= 15 is 0 Å². The van der Waals surface area contributed by atoms with Crippen LogP contribution in [0.5, 0.6) is 5.75 Å². The van der Waals surface area contributed by atoms with Crippen LogP contribution in [0.2, 0.25) is 0 Å².